The Hall–Kier alpha value is -3.02. The molecule has 3 aromatic heterocycles. The van der Waals surface area contributed by atoms with Crippen molar-refractivity contribution in [3.8, 4) is 17.3 Å². The maximum atomic E-state index is 4.48. The predicted molar refractivity (Wildman–Crippen MR) is 83.6 cm³/mol. The molecular weight excluding hydrogens is 276 g/mol. The Morgan fingerprint density at radius 1 is 1.05 bits per heavy atom. The minimum Gasteiger partial charge on any atom is -0.351 e. The van der Waals surface area contributed by atoms with E-state index in [0.717, 1.165) is 11.3 Å². The van der Waals surface area contributed by atoms with Gasteiger partial charge in [-0.2, -0.15) is 4.68 Å². The average Bonchev–Trinajstić information content (AvgIpc) is 3.15. The molecule has 0 fully saturated rings. The molecule has 0 atom stereocenters. The van der Waals surface area contributed by atoms with Crippen molar-refractivity contribution in [1.82, 2.24) is 29.3 Å². The molecule has 0 aliphatic rings. The third kappa shape index (κ3) is 2.05. The summed E-state index contributed by atoms with van der Waals surface area (Å²) in [6.45, 7) is 1.92. The lowest BCUT2D eigenvalue weighted by Crippen LogP contribution is -2.02. The van der Waals surface area contributed by atoms with Crippen LogP contribution in [0.15, 0.2) is 49.1 Å². The molecule has 1 aromatic carbocycles. The normalized spacial score (nSPS) is 11.2. The average molecular weight is 290 g/mol. The number of hydrogen-bond acceptors (Lipinski definition) is 4. The number of hydrogen-bond donors (Lipinski definition) is 0. The van der Waals surface area contributed by atoms with E-state index in [1.165, 1.54) is 10.9 Å². The largest absolute Gasteiger partial charge is 0.351 e. The number of rotatable bonds is 2. The molecular formula is C16H14N6. The van der Waals surface area contributed by atoms with E-state index < -0.39 is 0 Å². The molecule has 0 unspecified atom stereocenters. The van der Waals surface area contributed by atoms with E-state index in [4.69, 9.17) is 0 Å². The first kappa shape index (κ1) is 12.7. The second-order valence-corrected chi connectivity index (χ2v) is 5.21. The van der Waals surface area contributed by atoms with E-state index in [2.05, 4.69) is 42.8 Å². The molecule has 0 spiro atoms. The number of benzene rings is 1. The minimum atomic E-state index is 0.527. The van der Waals surface area contributed by atoms with Gasteiger partial charge in [0.15, 0.2) is 5.82 Å². The predicted octanol–water partition coefficient (Wildman–Crippen LogP) is 2.52. The van der Waals surface area contributed by atoms with Crippen molar-refractivity contribution in [2.45, 2.75) is 6.92 Å². The maximum Gasteiger partial charge on any atom is 0.252 e. The van der Waals surface area contributed by atoms with Crippen molar-refractivity contribution in [2.24, 2.45) is 7.05 Å². The molecule has 0 aliphatic carbocycles. The van der Waals surface area contributed by atoms with Crippen LogP contribution in [0.4, 0.5) is 0 Å². The molecule has 0 saturated carbocycles. The van der Waals surface area contributed by atoms with Crippen LogP contribution in [0.1, 0.15) is 5.69 Å². The van der Waals surface area contributed by atoms with Crippen molar-refractivity contribution in [3.05, 3.63) is 54.7 Å². The SMILES string of the molecule is Cc1ccnc(-n2cnc(-c3ccc4c(ccn4C)c3)n2)n1. The Balaban J connectivity index is 1.76. The fourth-order valence-electron chi connectivity index (χ4n) is 2.46. The van der Waals surface area contributed by atoms with Crippen LogP contribution in [0.2, 0.25) is 0 Å². The third-order valence-corrected chi connectivity index (χ3v) is 3.62. The van der Waals surface area contributed by atoms with E-state index in [1.807, 2.05) is 32.3 Å². The Kier molecular flexibility index (Phi) is 2.75. The van der Waals surface area contributed by atoms with Crippen molar-refractivity contribution in [2.75, 3.05) is 0 Å². The molecule has 0 aliphatic heterocycles. The van der Waals surface area contributed by atoms with Gasteiger partial charge < -0.3 is 4.57 Å². The van der Waals surface area contributed by atoms with Crippen LogP contribution in [0, 0.1) is 6.92 Å². The van der Waals surface area contributed by atoms with Gasteiger partial charge in [0.05, 0.1) is 0 Å². The first-order valence-electron chi connectivity index (χ1n) is 6.98. The van der Waals surface area contributed by atoms with E-state index in [1.54, 1.807) is 17.2 Å². The van der Waals surface area contributed by atoms with Crippen molar-refractivity contribution < 1.29 is 0 Å². The summed E-state index contributed by atoms with van der Waals surface area (Å²) in [5.74, 6) is 1.19. The Morgan fingerprint density at radius 3 is 2.82 bits per heavy atom. The summed E-state index contributed by atoms with van der Waals surface area (Å²) < 4.78 is 3.68. The standard InChI is InChI=1S/C16H14N6/c1-11-5-7-17-16(19-11)22-10-18-15(20-22)13-3-4-14-12(9-13)6-8-21(14)2/h3-10H,1-2H3. The van der Waals surface area contributed by atoms with Crippen molar-refractivity contribution in [3.63, 3.8) is 0 Å². The lowest BCUT2D eigenvalue weighted by atomic mass is 10.1. The lowest BCUT2D eigenvalue weighted by Gasteiger charge is -2.00. The van der Waals surface area contributed by atoms with Gasteiger partial charge in [-0.1, -0.05) is 0 Å². The fourth-order valence-corrected chi connectivity index (χ4v) is 2.46. The number of nitrogens with zero attached hydrogens (tertiary/aromatic N) is 6. The molecule has 0 bridgehead atoms. The lowest BCUT2D eigenvalue weighted by molar-refractivity contribution is 0.802. The summed E-state index contributed by atoms with van der Waals surface area (Å²) in [6.07, 6.45) is 5.40. The summed E-state index contributed by atoms with van der Waals surface area (Å²) >= 11 is 0. The van der Waals surface area contributed by atoms with Gasteiger partial charge in [0, 0.05) is 41.6 Å². The molecule has 6 nitrogen and oxygen atoms in total. The zero-order valence-electron chi connectivity index (χ0n) is 12.3. The molecule has 0 N–H and O–H groups in total. The summed E-state index contributed by atoms with van der Waals surface area (Å²) in [5.41, 5.74) is 3.06. The quantitative estimate of drug-likeness (QED) is 0.569. The van der Waals surface area contributed by atoms with E-state index in [9.17, 15) is 0 Å². The zero-order chi connectivity index (χ0) is 15.1. The molecule has 108 valence electrons. The van der Waals surface area contributed by atoms with Crippen LogP contribution >= 0.6 is 0 Å². The van der Waals surface area contributed by atoms with Crippen LogP contribution in [0.25, 0.3) is 28.2 Å². The molecule has 0 saturated heterocycles. The highest BCUT2D eigenvalue weighted by Gasteiger charge is 2.09. The van der Waals surface area contributed by atoms with E-state index >= 15 is 0 Å². The molecule has 4 rings (SSSR count). The highest BCUT2D eigenvalue weighted by atomic mass is 15.4. The molecule has 0 radical (unpaired) electrons. The van der Waals surface area contributed by atoms with Gasteiger partial charge in [-0.15, -0.1) is 5.10 Å². The van der Waals surface area contributed by atoms with Crippen LogP contribution in [0.5, 0.6) is 0 Å². The summed E-state index contributed by atoms with van der Waals surface area (Å²) in [4.78, 5) is 12.9. The monoisotopic (exact) mass is 290 g/mol. The molecule has 4 aromatic rings. The summed E-state index contributed by atoms with van der Waals surface area (Å²) in [5, 5.41) is 5.65. The van der Waals surface area contributed by atoms with Crippen molar-refractivity contribution in [1.29, 1.82) is 0 Å². The molecule has 0 amide bonds. The number of aromatic nitrogens is 6. The van der Waals surface area contributed by atoms with Crippen LogP contribution in [-0.4, -0.2) is 29.3 Å². The first-order chi connectivity index (χ1) is 10.7. The van der Waals surface area contributed by atoms with Crippen molar-refractivity contribution >= 4 is 10.9 Å². The highest BCUT2D eigenvalue weighted by Crippen LogP contribution is 2.22. The Labute approximate surface area is 127 Å². The topological polar surface area (TPSA) is 61.4 Å². The van der Waals surface area contributed by atoms with Crippen LogP contribution in [-0.2, 0) is 7.05 Å². The third-order valence-electron chi connectivity index (χ3n) is 3.62. The van der Waals surface area contributed by atoms with Crippen LogP contribution < -0.4 is 0 Å². The second-order valence-electron chi connectivity index (χ2n) is 5.21. The van der Waals surface area contributed by atoms with Gasteiger partial charge in [0.25, 0.3) is 5.95 Å². The van der Waals surface area contributed by atoms with Crippen LogP contribution in [0.3, 0.4) is 0 Å². The minimum absolute atomic E-state index is 0.527. The van der Waals surface area contributed by atoms with Gasteiger partial charge in [-0.3, -0.25) is 0 Å². The maximum absolute atomic E-state index is 4.48. The van der Waals surface area contributed by atoms with Gasteiger partial charge >= 0.3 is 0 Å². The molecule has 3 heterocycles. The summed E-state index contributed by atoms with van der Waals surface area (Å²) in [7, 11) is 2.03. The molecule has 22 heavy (non-hydrogen) atoms. The number of fused-ring (bicyclic) bond motifs is 1. The first-order valence-corrected chi connectivity index (χ1v) is 6.98. The fraction of sp³-hybridized carbons (Fsp3) is 0.125. The van der Waals surface area contributed by atoms with Gasteiger partial charge in [-0.25, -0.2) is 15.0 Å². The Morgan fingerprint density at radius 2 is 1.95 bits per heavy atom. The Bertz CT molecular complexity index is 966. The number of aryl methyl sites for hydroxylation is 2. The molecule has 6 heteroatoms. The van der Waals surface area contributed by atoms with Gasteiger partial charge in [-0.05, 0) is 37.3 Å². The highest BCUT2D eigenvalue weighted by molar-refractivity contribution is 5.84. The van der Waals surface area contributed by atoms with Gasteiger partial charge in [0.1, 0.15) is 6.33 Å². The second kappa shape index (κ2) is 4.77. The smallest absolute Gasteiger partial charge is 0.252 e. The van der Waals surface area contributed by atoms with E-state index in [-0.39, 0.29) is 0 Å². The van der Waals surface area contributed by atoms with Gasteiger partial charge in [0.2, 0.25) is 0 Å². The van der Waals surface area contributed by atoms with E-state index in [0.29, 0.717) is 11.8 Å². The zero-order valence-corrected chi connectivity index (χ0v) is 12.3. The summed E-state index contributed by atoms with van der Waals surface area (Å²) in [6, 6.07) is 10.1.